The van der Waals surface area contributed by atoms with Crippen LogP contribution in [0.25, 0.3) is 11.2 Å². The summed E-state index contributed by atoms with van der Waals surface area (Å²) in [6.07, 6.45) is 2.45. The molecule has 32 heavy (non-hydrogen) atoms. The first-order valence-electron chi connectivity index (χ1n) is 11.1. The molecule has 2 aromatic heterocycles. The molecule has 4 aromatic rings. The molecule has 0 amide bonds. The van der Waals surface area contributed by atoms with Crippen molar-refractivity contribution in [2.24, 2.45) is 7.05 Å². The third-order valence-corrected chi connectivity index (χ3v) is 6.25. The third kappa shape index (κ3) is 3.43. The lowest BCUT2D eigenvalue weighted by atomic mass is 10.1. The number of imidazole rings is 1. The number of hydrogen-bond acceptors (Lipinski definition) is 4. The van der Waals surface area contributed by atoms with Crippen molar-refractivity contribution in [3.8, 4) is 0 Å². The van der Waals surface area contributed by atoms with Gasteiger partial charge in [-0.05, 0) is 43.9 Å². The molecule has 7 nitrogen and oxygen atoms in total. The quantitative estimate of drug-likeness (QED) is 0.488. The normalized spacial score (nSPS) is 13.5. The van der Waals surface area contributed by atoms with Crippen molar-refractivity contribution in [1.82, 2.24) is 18.7 Å². The van der Waals surface area contributed by atoms with Crippen LogP contribution in [0.5, 0.6) is 0 Å². The zero-order valence-electron chi connectivity index (χ0n) is 18.5. The van der Waals surface area contributed by atoms with E-state index in [1.807, 2.05) is 22.8 Å². The Kier molecular flexibility index (Phi) is 5.17. The fraction of sp³-hybridized carbons (Fsp3) is 0.320. The summed E-state index contributed by atoms with van der Waals surface area (Å²) >= 11 is 0. The first-order valence-corrected chi connectivity index (χ1v) is 11.1. The van der Waals surface area contributed by atoms with E-state index in [0.29, 0.717) is 24.3 Å². The highest BCUT2D eigenvalue weighted by Gasteiger charge is 2.26. The molecular weight excluding hydrogens is 402 g/mol. The van der Waals surface area contributed by atoms with Gasteiger partial charge in [-0.15, -0.1) is 0 Å². The number of aryl methyl sites for hydroxylation is 4. The Morgan fingerprint density at radius 1 is 0.969 bits per heavy atom. The van der Waals surface area contributed by atoms with E-state index in [-0.39, 0.29) is 11.2 Å². The Morgan fingerprint density at radius 3 is 2.47 bits per heavy atom. The zero-order valence-corrected chi connectivity index (χ0v) is 18.5. The van der Waals surface area contributed by atoms with Gasteiger partial charge >= 0.3 is 5.69 Å². The van der Waals surface area contributed by atoms with Crippen LogP contribution in [0.3, 0.4) is 0 Å². The number of aromatic nitrogens is 4. The molecular formula is C25H27N5O2. The van der Waals surface area contributed by atoms with E-state index in [1.54, 1.807) is 7.05 Å². The maximum Gasteiger partial charge on any atom is 0.332 e. The smallest absolute Gasteiger partial charge is 0.312 e. The lowest BCUT2D eigenvalue weighted by molar-refractivity contribution is 0.565. The molecule has 0 saturated carbocycles. The molecule has 164 valence electrons. The molecule has 0 aliphatic carbocycles. The monoisotopic (exact) mass is 429 g/mol. The van der Waals surface area contributed by atoms with Crippen molar-refractivity contribution >= 4 is 22.8 Å². The third-order valence-electron chi connectivity index (χ3n) is 6.25. The van der Waals surface area contributed by atoms with Gasteiger partial charge in [-0.2, -0.15) is 4.98 Å². The second-order valence-electron chi connectivity index (χ2n) is 8.46. The summed E-state index contributed by atoms with van der Waals surface area (Å²) in [6.45, 7) is 3.99. The fourth-order valence-corrected chi connectivity index (χ4v) is 4.52. The molecule has 7 heteroatoms. The first kappa shape index (κ1) is 20.3. The molecule has 0 unspecified atom stereocenters. The standard InChI is InChI=1S/C25H27N5O2/c1-18-11-13-20(14-12-18)28-16-7-17-29-21-22(26-24(28)29)27(2)25(32)30(23(21)31)15-6-10-19-8-4-3-5-9-19/h3-5,8-9,11-14H,6-7,10,15-17H2,1-2H3. The second kappa shape index (κ2) is 8.15. The zero-order chi connectivity index (χ0) is 22.2. The molecule has 5 rings (SSSR count). The number of hydrogen-bond donors (Lipinski definition) is 0. The lowest BCUT2D eigenvalue weighted by Gasteiger charge is -2.29. The van der Waals surface area contributed by atoms with Crippen molar-refractivity contribution in [3.05, 3.63) is 86.6 Å². The van der Waals surface area contributed by atoms with Crippen LogP contribution in [0.15, 0.2) is 64.2 Å². The van der Waals surface area contributed by atoms with Crippen LogP contribution in [-0.2, 0) is 26.6 Å². The SMILES string of the molecule is Cc1ccc(N2CCCn3c2nc2c3c(=O)n(CCCc3ccccc3)c(=O)n2C)cc1. The van der Waals surface area contributed by atoms with E-state index >= 15 is 0 Å². The van der Waals surface area contributed by atoms with Crippen LogP contribution in [0.4, 0.5) is 11.6 Å². The minimum Gasteiger partial charge on any atom is -0.312 e. The minimum absolute atomic E-state index is 0.249. The highest BCUT2D eigenvalue weighted by molar-refractivity contribution is 5.77. The Balaban J connectivity index is 1.55. The van der Waals surface area contributed by atoms with Gasteiger partial charge in [0.05, 0.1) is 0 Å². The number of benzene rings is 2. The van der Waals surface area contributed by atoms with E-state index in [0.717, 1.165) is 37.4 Å². The number of rotatable bonds is 5. The van der Waals surface area contributed by atoms with Crippen LogP contribution in [0.2, 0.25) is 0 Å². The van der Waals surface area contributed by atoms with Gasteiger partial charge in [-0.3, -0.25) is 13.9 Å². The summed E-state index contributed by atoms with van der Waals surface area (Å²) < 4.78 is 4.86. The number of anilines is 2. The molecule has 1 aliphatic heterocycles. The van der Waals surface area contributed by atoms with E-state index in [4.69, 9.17) is 4.98 Å². The van der Waals surface area contributed by atoms with Gasteiger partial charge in [0.2, 0.25) is 5.95 Å². The van der Waals surface area contributed by atoms with Gasteiger partial charge in [-0.1, -0.05) is 48.0 Å². The van der Waals surface area contributed by atoms with Crippen LogP contribution < -0.4 is 16.1 Å². The molecule has 2 aromatic carbocycles. The molecule has 0 atom stereocenters. The second-order valence-corrected chi connectivity index (χ2v) is 8.46. The summed E-state index contributed by atoms with van der Waals surface area (Å²) in [7, 11) is 1.70. The predicted molar refractivity (Wildman–Crippen MR) is 127 cm³/mol. The van der Waals surface area contributed by atoms with Gasteiger partial charge in [0.25, 0.3) is 5.56 Å². The summed E-state index contributed by atoms with van der Waals surface area (Å²) in [5, 5.41) is 0. The van der Waals surface area contributed by atoms with Crippen molar-refractivity contribution < 1.29 is 0 Å². The Hall–Kier alpha value is -3.61. The molecule has 3 heterocycles. The average Bonchev–Trinajstić information content (AvgIpc) is 3.21. The minimum atomic E-state index is -0.312. The maximum absolute atomic E-state index is 13.4. The van der Waals surface area contributed by atoms with Gasteiger partial charge in [-0.25, -0.2) is 4.79 Å². The Morgan fingerprint density at radius 2 is 1.72 bits per heavy atom. The summed E-state index contributed by atoms with van der Waals surface area (Å²) in [5.41, 5.74) is 3.84. The van der Waals surface area contributed by atoms with Crippen molar-refractivity contribution in [2.45, 2.75) is 39.3 Å². The number of fused-ring (bicyclic) bond motifs is 3. The van der Waals surface area contributed by atoms with Gasteiger partial charge in [0, 0.05) is 32.4 Å². The Bertz CT molecular complexity index is 1380. The summed E-state index contributed by atoms with van der Waals surface area (Å²) in [5.74, 6) is 0.726. The first-order chi connectivity index (χ1) is 15.5. The molecule has 1 aliphatic rings. The predicted octanol–water partition coefficient (Wildman–Crippen LogP) is 3.38. The molecule has 0 N–H and O–H groups in total. The van der Waals surface area contributed by atoms with Gasteiger partial charge in [0.15, 0.2) is 11.2 Å². The molecule has 0 saturated heterocycles. The van der Waals surface area contributed by atoms with E-state index in [2.05, 4.69) is 48.2 Å². The maximum atomic E-state index is 13.4. The Labute approximate surface area is 186 Å². The highest BCUT2D eigenvalue weighted by Crippen LogP contribution is 2.31. The fourth-order valence-electron chi connectivity index (χ4n) is 4.52. The summed E-state index contributed by atoms with van der Waals surface area (Å²) in [4.78, 5) is 33.3. The summed E-state index contributed by atoms with van der Waals surface area (Å²) in [6, 6.07) is 18.4. The average molecular weight is 430 g/mol. The van der Waals surface area contributed by atoms with Crippen LogP contribution >= 0.6 is 0 Å². The van der Waals surface area contributed by atoms with Crippen LogP contribution in [0, 0.1) is 6.92 Å². The van der Waals surface area contributed by atoms with Crippen LogP contribution in [0.1, 0.15) is 24.0 Å². The molecule has 0 bridgehead atoms. The molecule has 0 fully saturated rings. The molecule has 0 radical (unpaired) electrons. The van der Waals surface area contributed by atoms with Crippen molar-refractivity contribution in [2.75, 3.05) is 11.4 Å². The topological polar surface area (TPSA) is 65.1 Å². The van der Waals surface area contributed by atoms with Crippen molar-refractivity contribution in [3.63, 3.8) is 0 Å². The van der Waals surface area contributed by atoms with Crippen LogP contribution in [-0.4, -0.2) is 25.2 Å². The largest absolute Gasteiger partial charge is 0.332 e. The van der Waals surface area contributed by atoms with E-state index in [9.17, 15) is 9.59 Å². The van der Waals surface area contributed by atoms with E-state index in [1.165, 1.54) is 20.3 Å². The van der Waals surface area contributed by atoms with Gasteiger partial charge < -0.3 is 9.47 Å². The van der Waals surface area contributed by atoms with Gasteiger partial charge in [0.1, 0.15) is 0 Å². The molecule has 0 spiro atoms. The lowest BCUT2D eigenvalue weighted by Crippen LogP contribution is -2.40. The highest BCUT2D eigenvalue weighted by atomic mass is 16.2. The van der Waals surface area contributed by atoms with Crippen molar-refractivity contribution in [1.29, 1.82) is 0 Å². The van der Waals surface area contributed by atoms with E-state index < -0.39 is 0 Å². The number of nitrogens with zero attached hydrogens (tertiary/aromatic N) is 5.